The summed E-state index contributed by atoms with van der Waals surface area (Å²) in [6, 6.07) is 1.99. The number of aromatic nitrogens is 2. The van der Waals surface area contributed by atoms with E-state index in [4.69, 9.17) is 5.73 Å². The van der Waals surface area contributed by atoms with Crippen LogP contribution in [0.3, 0.4) is 0 Å². The average molecular weight is 259 g/mol. The molecule has 0 aromatic carbocycles. The van der Waals surface area contributed by atoms with E-state index < -0.39 is 0 Å². The van der Waals surface area contributed by atoms with Crippen LogP contribution in [0.1, 0.15) is 12.2 Å². The fraction of sp³-hybridized carbons (Fsp3) is 0.400. The van der Waals surface area contributed by atoms with Gasteiger partial charge < -0.3 is 11.1 Å². The lowest BCUT2D eigenvalue weighted by atomic mass is 10.3. The summed E-state index contributed by atoms with van der Waals surface area (Å²) in [5.74, 6) is 1.45. The smallest absolute Gasteiger partial charge is 0.145 e. The molecule has 0 saturated carbocycles. The van der Waals surface area contributed by atoms with Crippen LogP contribution in [-0.2, 0) is 6.42 Å². The molecule has 2 heterocycles. The second-order valence-corrected chi connectivity index (χ2v) is 4.28. The molecular weight excluding hydrogens is 244 g/mol. The van der Waals surface area contributed by atoms with E-state index in [0.29, 0.717) is 5.82 Å². The van der Waals surface area contributed by atoms with Crippen molar-refractivity contribution in [2.75, 3.05) is 19.3 Å². The van der Waals surface area contributed by atoms with Crippen LogP contribution in [0.5, 0.6) is 0 Å². The van der Waals surface area contributed by atoms with Crippen LogP contribution < -0.4 is 11.1 Å². The monoisotopic (exact) mass is 258 g/mol. The number of thiophene rings is 1. The zero-order chi connectivity index (χ0) is 10.7. The van der Waals surface area contributed by atoms with Crippen LogP contribution in [0.25, 0.3) is 10.2 Å². The number of hydrogen-bond acceptors (Lipinski definition) is 5. The summed E-state index contributed by atoms with van der Waals surface area (Å²) in [6.07, 6.45) is 1.91. The molecule has 0 atom stereocenters. The molecule has 0 amide bonds. The number of nitrogen functional groups attached to an aromatic ring is 1. The van der Waals surface area contributed by atoms with Gasteiger partial charge in [-0.2, -0.15) is 0 Å². The van der Waals surface area contributed by atoms with E-state index in [9.17, 15) is 0 Å². The Bertz CT molecular complexity index is 457. The first-order valence-corrected chi connectivity index (χ1v) is 5.83. The summed E-state index contributed by atoms with van der Waals surface area (Å²) in [6.45, 7) is 0.977. The van der Waals surface area contributed by atoms with Gasteiger partial charge in [-0.3, -0.25) is 0 Å². The first kappa shape index (κ1) is 13.2. The third-order valence-corrected chi connectivity index (χ3v) is 3.13. The van der Waals surface area contributed by atoms with Gasteiger partial charge in [0, 0.05) is 6.42 Å². The zero-order valence-corrected chi connectivity index (χ0v) is 10.7. The molecule has 3 N–H and O–H groups in total. The molecule has 0 fully saturated rings. The molecule has 6 heteroatoms. The normalized spacial score (nSPS) is 10.3. The molecule has 0 aliphatic rings. The van der Waals surface area contributed by atoms with Crippen LogP contribution in [0.15, 0.2) is 11.4 Å². The average Bonchev–Trinajstić information content (AvgIpc) is 2.66. The van der Waals surface area contributed by atoms with Gasteiger partial charge in [-0.25, -0.2) is 9.97 Å². The molecule has 16 heavy (non-hydrogen) atoms. The maximum absolute atomic E-state index is 5.85. The van der Waals surface area contributed by atoms with E-state index >= 15 is 0 Å². The first-order chi connectivity index (χ1) is 7.31. The van der Waals surface area contributed by atoms with E-state index in [1.165, 1.54) is 0 Å². The molecular formula is C10H15ClN4S. The number of fused-ring (bicyclic) bond motifs is 1. The van der Waals surface area contributed by atoms with Gasteiger partial charge in [-0.05, 0) is 31.5 Å². The molecule has 0 aliphatic carbocycles. The minimum Gasteiger partial charge on any atom is -0.382 e. The van der Waals surface area contributed by atoms with Crippen LogP contribution in [0.2, 0.25) is 0 Å². The number of nitrogens with zero attached hydrogens (tertiary/aromatic N) is 2. The van der Waals surface area contributed by atoms with E-state index in [1.54, 1.807) is 11.3 Å². The number of rotatable bonds is 4. The SMILES string of the molecule is CNCCCc1nc(N)c2sccc2n1.Cl. The third kappa shape index (κ3) is 2.81. The first-order valence-electron chi connectivity index (χ1n) is 4.95. The van der Waals surface area contributed by atoms with Gasteiger partial charge in [-0.15, -0.1) is 23.7 Å². The third-order valence-electron chi connectivity index (χ3n) is 2.20. The molecule has 4 nitrogen and oxygen atoms in total. The van der Waals surface area contributed by atoms with Crippen LogP contribution >= 0.6 is 23.7 Å². The van der Waals surface area contributed by atoms with Gasteiger partial charge in [0.15, 0.2) is 0 Å². The van der Waals surface area contributed by atoms with E-state index in [0.717, 1.165) is 35.4 Å². The van der Waals surface area contributed by atoms with Crippen molar-refractivity contribution in [3.8, 4) is 0 Å². The second kappa shape index (κ2) is 5.98. The number of anilines is 1. The molecule has 0 radical (unpaired) electrons. The van der Waals surface area contributed by atoms with Gasteiger partial charge in [0.25, 0.3) is 0 Å². The Kier molecular flexibility index (Phi) is 4.92. The highest BCUT2D eigenvalue weighted by Crippen LogP contribution is 2.23. The zero-order valence-electron chi connectivity index (χ0n) is 9.06. The predicted octanol–water partition coefficient (Wildman–Crippen LogP) is 1.85. The van der Waals surface area contributed by atoms with Gasteiger partial charge in [0.2, 0.25) is 0 Å². The van der Waals surface area contributed by atoms with Crippen molar-refractivity contribution in [1.82, 2.24) is 15.3 Å². The quantitative estimate of drug-likeness (QED) is 0.822. The molecule has 0 saturated heterocycles. The Labute approximate surface area is 105 Å². The topological polar surface area (TPSA) is 63.8 Å². The summed E-state index contributed by atoms with van der Waals surface area (Å²) in [5.41, 5.74) is 6.81. The highest BCUT2D eigenvalue weighted by Gasteiger charge is 2.05. The fourth-order valence-corrected chi connectivity index (χ4v) is 2.20. The number of hydrogen-bond donors (Lipinski definition) is 2. The van der Waals surface area contributed by atoms with Crippen molar-refractivity contribution >= 4 is 39.8 Å². The second-order valence-electron chi connectivity index (χ2n) is 3.37. The van der Waals surface area contributed by atoms with Gasteiger partial charge in [0.05, 0.1) is 10.2 Å². The van der Waals surface area contributed by atoms with Gasteiger partial charge >= 0.3 is 0 Å². The Hall–Kier alpha value is -0.910. The number of nitrogens with one attached hydrogen (secondary N) is 1. The summed E-state index contributed by atoms with van der Waals surface area (Å²) < 4.78 is 0.993. The van der Waals surface area contributed by atoms with E-state index in [2.05, 4.69) is 15.3 Å². The maximum Gasteiger partial charge on any atom is 0.145 e. The molecule has 2 rings (SSSR count). The minimum atomic E-state index is 0. The largest absolute Gasteiger partial charge is 0.382 e. The van der Waals surface area contributed by atoms with Crippen molar-refractivity contribution in [3.63, 3.8) is 0 Å². The molecule has 88 valence electrons. The minimum absolute atomic E-state index is 0. The standard InChI is InChI=1S/C10H14N4S.ClH/c1-12-5-2-3-8-13-7-4-6-15-9(7)10(11)14-8;/h4,6,12H,2-3,5H2,1H3,(H2,11,13,14);1H. The number of nitrogens with two attached hydrogens (primary N) is 1. The van der Waals surface area contributed by atoms with Crippen molar-refractivity contribution in [2.24, 2.45) is 0 Å². The van der Waals surface area contributed by atoms with Crippen molar-refractivity contribution in [3.05, 3.63) is 17.3 Å². The van der Waals surface area contributed by atoms with Crippen molar-refractivity contribution in [2.45, 2.75) is 12.8 Å². The van der Waals surface area contributed by atoms with Crippen molar-refractivity contribution < 1.29 is 0 Å². The Morgan fingerprint density at radius 2 is 2.25 bits per heavy atom. The van der Waals surface area contributed by atoms with E-state index in [-0.39, 0.29) is 12.4 Å². The van der Waals surface area contributed by atoms with Gasteiger partial charge in [-0.1, -0.05) is 0 Å². The Balaban J connectivity index is 0.00000128. The summed E-state index contributed by atoms with van der Waals surface area (Å²) in [7, 11) is 1.94. The van der Waals surface area contributed by atoms with Gasteiger partial charge in [0.1, 0.15) is 11.6 Å². The molecule has 2 aromatic heterocycles. The lowest BCUT2D eigenvalue weighted by Crippen LogP contribution is -2.09. The molecule has 0 aliphatic heterocycles. The fourth-order valence-electron chi connectivity index (χ4n) is 1.47. The van der Waals surface area contributed by atoms with Crippen LogP contribution in [0.4, 0.5) is 5.82 Å². The number of halogens is 1. The predicted molar refractivity (Wildman–Crippen MR) is 71.3 cm³/mol. The number of aryl methyl sites for hydroxylation is 1. The summed E-state index contributed by atoms with van der Waals surface area (Å²) in [4.78, 5) is 8.75. The molecule has 2 aromatic rings. The Morgan fingerprint density at radius 1 is 1.44 bits per heavy atom. The summed E-state index contributed by atoms with van der Waals surface area (Å²) >= 11 is 1.59. The molecule has 0 bridgehead atoms. The van der Waals surface area contributed by atoms with Crippen LogP contribution in [-0.4, -0.2) is 23.6 Å². The molecule has 0 spiro atoms. The highest BCUT2D eigenvalue weighted by atomic mass is 35.5. The lowest BCUT2D eigenvalue weighted by molar-refractivity contribution is 0.705. The summed E-state index contributed by atoms with van der Waals surface area (Å²) in [5, 5.41) is 5.09. The maximum atomic E-state index is 5.85. The Morgan fingerprint density at radius 3 is 3.00 bits per heavy atom. The highest BCUT2D eigenvalue weighted by molar-refractivity contribution is 7.17. The van der Waals surface area contributed by atoms with Crippen molar-refractivity contribution in [1.29, 1.82) is 0 Å². The van der Waals surface area contributed by atoms with E-state index in [1.807, 2.05) is 18.5 Å². The lowest BCUT2D eigenvalue weighted by Gasteiger charge is -2.02. The van der Waals surface area contributed by atoms with Crippen LogP contribution in [0, 0.1) is 0 Å². The molecule has 0 unspecified atom stereocenters.